The minimum absolute atomic E-state index is 0.0324. The average Bonchev–Trinajstić information content (AvgIpc) is 2.94. The van der Waals surface area contributed by atoms with E-state index in [1.807, 2.05) is 53.9 Å². The molecule has 4 nitrogen and oxygen atoms in total. The number of nitrogens with zero attached hydrogens (tertiary/aromatic N) is 1. The molecule has 0 bridgehead atoms. The lowest BCUT2D eigenvalue weighted by atomic mass is 9.86. The summed E-state index contributed by atoms with van der Waals surface area (Å²) in [5.41, 5.74) is 6.19. The summed E-state index contributed by atoms with van der Waals surface area (Å²) in [5, 5.41) is 5.93. The van der Waals surface area contributed by atoms with Crippen molar-refractivity contribution in [3.63, 3.8) is 0 Å². The highest BCUT2D eigenvalue weighted by Crippen LogP contribution is 2.31. The normalized spacial score (nSPS) is 17.9. The Morgan fingerprint density at radius 2 is 1.76 bits per heavy atom. The van der Waals surface area contributed by atoms with E-state index in [1.165, 1.54) is 49.0 Å². The summed E-state index contributed by atoms with van der Waals surface area (Å²) < 4.78 is 0.985. The molecule has 4 aromatic rings. The Morgan fingerprint density at radius 1 is 0.946 bits per heavy atom. The summed E-state index contributed by atoms with van der Waals surface area (Å²) in [6, 6.07) is 22.0. The molecule has 0 unspecified atom stereocenters. The van der Waals surface area contributed by atoms with Crippen LogP contribution in [0, 0.1) is 0 Å². The Kier molecular flexibility index (Phi) is 6.90. The number of piperidine rings is 1. The first-order valence-corrected chi connectivity index (χ1v) is 14.3. The van der Waals surface area contributed by atoms with E-state index >= 15 is 0 Å². The van der Waals surface area contributed by atoms with Gasteiger partial charge in [0, 0.05) is 33.1 Å². The highest BCUT2D eigenvalue weighted by molar-refractivity contribution is 7.16. The molecule has 1 atom stereocenters. The maximum atomic E-state index is 13.2. The lowest BCUT2D eigenvalue weighted by Crippen LogP contribution is -2.31. The average molecular weight is 509 g/mol. The lowest BCUT2D eigenvalue weighted by molar-refractivity contribution is 0.0932. The number of amides is 1. The smallest absolute Gasteiger partial charge is 0.251 e. The van der Waals surface area contributed by atoms with Gasteiger partial charge in [-0.25, -0.2) is 0 Å². The maximum absolute atomic E-state index is 13.2. The van der Waals surface area contributed by atoms with E-state index < -0.39 is 0 Å². The van der Waals surface area contributed by atoms with Gasteiger partial charge in [-0.3, -0.25) is 14.5 Å². The molecule has 188 valence electrons. The van der Waals surface area contributed by atoms with Crippen LogP contribution in [0.2, 0.25) is 0 Å². The third-order valence-corrected chi connectivity index (χ3v) is 8.78. The van der Waals surface area contributed by atoms with Crippen molar-refractivity contribution in [1.29, 1.82) is 0 Å². The molecule has 37 heavy (non-hydrogen) atoms. The van der Waals surface area contributed by atoms with Gasteiger partial charge in [0.15, 0.2) is 5.43 Å². The van der Waals surface area contributed by atoms with Crippen LogP contribution < -0.4 is 10.7 Å². The number of hydrogen-bond acceptors (Lipinski definition) is 4. The van der Waals surface area contributed by atoms with E-state index in [4.69, 9.17) is 0 Å². The predicted octanol–water partition coefficient (Wildman–Crippen LogP) is 6.72. The fourth-order valence-corrected chi connectivity index (χ4v) is 6.74. The molecule has 2 aliphatic rings. The van der Waals surface area contributed by atoms with Crippen LogP contribution in [0.1, 0.15) is 65.2 Å². The van der Waals surface area contributed by atoms with Gasteiger partial charge >= 0.3 is 0 Å². The highest BCUT2D eigenvalue weighted by atomic mass is 32.1. The van der Waals surface area contributed by atoms with Gasteiger partial charge in [0.05, 0.1) is 6.04 Å². The van der Waals surface area contributed by atoms with E-state index in [9.17, 15) is 9.59 Å². The van der Waals surface area contributed by atoms with Crippen LogP contribution in [0.4, 0.5) is 0 Å². The van der Waals surface area contributed by atoms with E-state index in [2.05, 4.69) is 28.4 Å². The van der Waals surface area contributed by atoms with E-state index in [0.717, 1.165) is 41.5 Å². The summed E-state index contributed by atoms with van der Waals surface area (Å²) in [4.78, 5) is 28.7. The maximum Gasteiger partial charge on any atom is 0.251 e. The van der Waals surface area contributed by atoms with Gasteiger partial charge in [0.25, 0.3) is 5.91 Å². The van der Waals surface area contributed by atoms with Crippen LogP contribution in [-0.4, -0.2) is 23.9 Å². The van der Waals surface area contributed by atoms with Crippen LogP contribution in [0.25, 0.3) is 21.2 Å². The van der Waals surface area contributed by atoms with Gasteiger partial charge < -0.3 is 5.32 Å². The van der Waals surface area contributed by atoms with Crippen LogP contribution in [0.15, 0.2) is 76.9 Å². The van der Waals surface area contributed by atoms with Gasteiger partial charge in [-0.05, 0) is 91.7 Å². The summed E-state index contributed by atoms with van der Waals surface area (Å²) >= 11 is 1.57. The second-order valence-electron chi connectivity index (χ2n) is 10.3. The highest BCUT2D eigenvalue weighted by Gasteiger charge is 2.23. The molecule has 1 aliphatic carbocycles. The number of nitrogens with one attached hydrogen (secondary N) is 1. The Bertz CT molecular complexity index is 1490. The van der Waals surface area contributed by atoms with Crippen molar-refractivity contribution in [2.75, 3.05) is 13.1 Å². The second kappa shape index (κ2) is 10.6. The van der Waals surface area contributed by atoms with E-state index in [1.54, 1.807) is 11.3 Å². The third-order valence-electron chi connectivity index (χ3n) is 7.82. The zero-order valence-electron chi connectivity index (χ0n) is 21.0. The van der Waals surface area contributed by atoms with Crippen molar-refractivity contribution in [1.82, 2.24) is 10.2 Å². The topological polar surface area (TPSA) is 49.4 Å². The Morgan fingerprint density at radius 3 is 2.59 bits per heavy atom. The fraction of sp³-hybridized carbons (Fsp3) is 0.312. The molecule has 2 heterocycles. The Labute approximate surface area is 222 Å². The summed E-state index contributed by atoms with van der Waals surface area (Å²) in [6.07, 6.45) is 7.09. The molecule has 0 radical (unpaired) electrons. The standard InChI is InChI=1S/C32H32N2O2S/c35-31-27-8-2-3-10-30(27)37-21-28(31)23-12-14-24(15-13-23)32(36)33-29-9-6-7-25-19-22(11-16-26(25)29)20-34-17-4-1-5-18-34/h2-3,8,10-16,19,21,29H,1,4-7,9,17-18,20H2,(H,33,36)/t29-/m1/s1. The Balaban J connectivity index is 1.16. The van der Waals surface area contributed by atoms with Crippen molar-refractivity contribution < 1.29 is 4.79 Å². The van der Waals surface area contributed by atoms with Gasteiger partial charge in [-0.2, -0.15) is 0 Å². The van der Waals surface area contributed by atoms with Crippen molar-refractivity contribution >= 4 is 27.3 Å². The van der Waals surface area contributed by atoms with E-state index in [-0.39, 0.29) is 17.4 Å². The monoisotopic (exact) mass is 508 g/mol. The largest absolute Gasteiger partial charge is 0.345 e. The SMILES string of the molecule is O=C(N[C@@H]1CCCc2cc(CN3CCCCC3)ccc21)c1ccc(-c2csc3ccccc3c2=O)cc1. The number of aryl methyl sites for hydroxylation is 1. The first kappa shape index (κ1) is 24.1. The minimum Gasteiger partial charge on any atom is -0.345 e. The molecule has 3 aromatic carbocycles. The molecule has 1 saturated heterocycles. The van der Waals surface area contributed by atoms with Gasteiger partial charge in [0.1, 0.15) is 0 Å². The molecule has 5 heteroatoms. The van der Waals surface area contributed by atoms with Crippen molar-refractivity contribution in [3.05, 3.63) is 105 Å². The lowest BCUT2D eigenvalue weighted by Gasteiger charge is -2.29. The van der Waals surface area contributed by atoms with Crippen LogP contribution >= 0.6 is 11.3 Å². The molecule has 0 spiro atoms. The van der Waals surface area contributed by atoms with Gasteiger partial charge in [0.2, 0.25) is 0 Å². The number of carbonyl (C=O) groups excluding carboxylic acids is 1. The molecule has 1 amide bonds. The van der Waals surface area contributed by atoms with Crippen LogP contribution in [0.3, 0.4) is 0 Å². The third kappa shape index (κ3) is 5.11. The molecule has 1 fully saturated rings. The molecule has 1 aliphatic heterocycles. The van der Waals surface area contributed by atoms with Gasteiger partial charge in [-0.1, -0.05) is 48.9 Å². The number of carbonyl (C=O) groups is 1. The second-order valence-corrected chi connectivity index (χ2v) is 11.3. The van der Waals surface area contributed by atoms with Crippen LogP contribution in [0.5, 0.6) is 0 Å². The minimum atomic E-state index is -0.0644. The Hall–Kier alpha value is -3.28. The first-order chi connectivity index (χ1) is 18.2. The molecular weight excluding hydrogens is 476 g/mol. The first-order valence-electron chi connectivity index (χ1n) is 13.4. The van der Waals surface area contributed by atoms with Crippen molar-refractivity contribution in [2.24, 2.45) is 0 Å². The number of benzene rings is 3. The summed E-state index contributed by atoms with van der Waals surface area (Å²) in [6.45, 7) is 3.43. The molecule has 1 aromatic heterocycles. The van der Waals surface area contributed by atoms with Gasteiger partial charge in [-0.15, -0.1) is 11.3 Å². The predicted molar refractivity (Wildman–Crippen MR) is 152 cm³/mol. The zero-order valence-corrected chi connectivity index (χ0v) is 21.9. The van der Waals surface area contributed by atoms with E-state index in [0.29, 0.717) is 11.1 Å². The molecule has 0 saturated carbocycles. The fourth-order valence-electron chi connectivity index (χ4n) is 5.81. The van der Waals surface area contributed by atoms with Crippen LogP contribution in [-0.2, 0) is 13.0 Å². The summed E-state index contributed by atoms with van der Waals surface area (Å²) in [5.74, 6) is -0.0644. The number of fused-ring (bicyclic) bond motifs is 2. The van der Waals surface area contributed by atoms with Crippen molar-refractivity contribution in [3.8, 4) is 11.1 Å². The zero-order chi connectivity index (χ0) is 25.2. The summed E-state index contributed by atoms with van der Waals surface area (Å²) in [7, 11) is 0. The quantitative estimate of drug-likeness (QED) is 0.325. The number of likely N-dealkylation sites (tertiary alicyclic amines) is 1. The molecule has 6 rings (SSSR count). The number of rotatable bonds is 5. The number of hydrogen-bond donors (Lipinski definition) is 1. The molecule has 1 N–H and O–H groups in total. The molecular formula is C32H32N2O2S. The van der Waals surface area contributed by atoms with Crippen molar-refractivity contribution in [2.45, 2.75) is 51.1 Å².